The molecule has 27 heavy (non-hydrogen) atoms. The van der Waals surface area contributed by atoms with E-state index in [0.717, 1.165) is 29.9 Å². The van der Waals surface area contributed by atoms with Crippen LogP contribution in [0.3, 0.4) is 0 Å². The molecule has 0 radical (unpaired) electrons. The van der Waals surface area contributed by atoms with Crippen LogP contribution in [0, 0.1) is 11.3 Å². The number of rotatable bonds is 2. The van der Waals surface area contributed by atoms with Crippen molar-refractivity contribution in [1.82, 2.24) is 14.9 Å². The van der Waals surface area contributed by atoms with E-state index >= 15 is 0 Å². The van der Waals surface area contributed by atoms with E-state index < -0.39 is 5.60 Å². The summed E-state index contributed by atoms with van der Waals surface area (Å²) in [5.74, 6) is 0. The minimum atomic E-state index is -0.485. The molecule has 7 nitrogen and oxygen atoms in total. The van der Waals surface area contributed by atoms with Crippen molar-refractivity contribution in [2.45, 2.75) is 26.4 Å². The lowest BCUT2D eigenvalue weighted by Crippen LogP contribution is -2.50. The molecule has 1 aliphatic heterocycles. The van der Waals surface area contributed by atoms with Crippen LogP contribution in [0.25, 0.3) is 11.1 Å². The first-order chi connectivity index (χ1) is 12.9. The average Bonchev–Trinajstić information content (AvgIpc) is 2.67. The summed E-state index contributed by atoms with van der Waals surface area (Å²) in [5.41, 5.74) is 2.76. The number of hydrogen-bond donors (Lipinski definition) is 0. The predicted octanol–water partition coefficient (Wildman–Crippen LogP) is 3.07. The van der Waals surface area contributed by atoms with Gasteiger partial charge in [0.05, 0.1) is 11.9 Å². The highest BCUT2D eigenvalue weighted by molar-refractivity contribution is 5.69. The van der Waals surface area contributed by atoms with E-state index in [-0.39, 0.29) is 6.09 Å². The standard InChI is InChI=1S/C20H23N5O2/c1-20(2,3)27-19(26)25-8-6-24(7-9-25)18-10-16(12-22-14-18)15-4-5-17(11-21)23-13-15/h4-5,10,12-14H,6-9H2,1-3H3. The second-order valence-corrected chi connectivity index (χ2v) is 7.43. The van der Waals surface area contributed by atoms with Gasteiger partial charge < -0.3 is 14.5 Å². The third-order valence-corrected chi connectivity index (χ3v) is 4.23. The lowest BCUT2D eigenvalue weighted by molar-refractivity contribution is 0.0240. The summed E-state index contributed by atoms with van der Waals surface area (Å²) in [4.78, 5) is 24.6. The van der Waals surface area contributed by atoms with Crippen LogP contribution in [0.2, 0.25) is 0 Å². The molecule has 0 spiro atoms. The van der Waals surface area contributed by atoms with Crippen LogP contribution in [0.15, 0.2) is 36.8 Å². The molecular weight excluding hydrogens is 342 g/mol. The molecule has 0 saturated carbocycles. The van der Waals surface area contributed by atoms with Gasteiger partial charge >= 0.3 is 6.09 Å². The average molecular weight is 365 g/mol. The van der Waals surface area contributed by atoms with Gasteiger partial charge in [-0.25, -0.2) is 9.78 Å². The van der Waals surface area contributed by atoms with Gasteiger partial charge in [-0.3, -0.25) is 4.98 Å². The van der Waals surface area contributed by atoms with Gasteiger partial charge in [-0.1, -0.05) is 0 Å². The Morgan fingerprint density at radius 3 is 2.44 bits per heavy atom. The van der Waals surface area contributed by atoms with Gasteiger partial charge in [-0.15, -0.1) is 0 Å². The zero-order chi connectivity index (χ0) is 19.4. The molecule has 0 unspecified atom stereocenters. The summed E-state index contributed by atoms with van der Waals surface area (Å²) in [5, 5.41) is 8.87. The van der Waals surface area contributed by atoms with E-state index in [1.807, 2.05) is 39.1 Å². The second-order valence-electron chi connectivity index (χ2n) is 7.43. The normalized spacial score (nSPS) is 14.6. The summed E-state index contributed by atoms with van der Waals surface area (Å²) in [6.07, 6.45) is 5.02. The quantitative estimate of drug-likeness (QED) is 0.813. The first-order valence-electron chi connectivity index (χ1n) is 8.90. The number of piperazine rings is 1. The van der Waals surface area contributed by atoms with Crippen LogP contribution in [0.4, 0.5) is 10.5 Å². The number of aromatic nitrogens is 2. The maximum Gasteiger partial charge on any atom is 0.410 e. The summed E-state index contributed by atoms with van der Waals surface area (Å²) in [6, 6.07) is 7.64. The van der Waals surface area contributed by atoms with Gasteiger partial charge in [-0.2, -0.15) is 5.26 Å². The molecule has 3 rings (SSSR count). The minimum Gasteiger partial charge on any atom is -0.444 e. The van der Waals surface area contributed by atoms with Gasteiger partial charge in [0.15, 0.2) is 0 Å². The highest BCUT2D eigenvalue weighted by Gasteiger charge is 2.26. The number of carbonyl (C=O) groups is 1. The maximum atomic E-state index is 12.2. The highest BCUT2D eigenvalue weighted by Crippen LogP contribution is 2.24. The summed E-state index contributed by atoms with van der Waals surface area (Å²) in [6.45, 7) is 8.27. The smallest absolute Gasteiger partial charge is 0.410 e. The Bertz CT molecular complexity index is 844. The molecule has 7 heteroatoms. The SMILES string of the molecule is CC(C)(C)OC(=O)N1CCN(c2cncc(-c3ccc(C#N)nc3)c2)CC1. The van der Waals surface area contributed by atoms with Crippen LogP contribution < -0.4 is 4.90 Å². The lowest BCUT2D eigenvalue weighted by Gasteiger charge is -2.36. The Morgan fingerprint density at radius 2 is 1.85 bits per heavy atom. The number of hydrogen-bond acceptors (Lipinski definition) is 6. The molecule has 1 aliphatic rings. The molecule has 2 aromatic rings. The molecule has 1 saturated heterocycles. The maximum absolute atomic E-state index is 12.2. The number of pyridine rings is 2. The van der Waals surface area contributed by atoms with Crippen molar-refractivity contribution in [3.8, 4) is 17.2 Å². The number of carbonyl (C=O) groups excluding carboxylic acids is 1. The summed E-state index contributed by atoms with van der Waals surface area (Å²) in [7, 11) is 0. The molecule has 2 aromatic heterocycles. The van der Waals surface area contributed by atoms with Gasteiger partial charge in [0.1, 0.15) is 17.4 Å². The largest absolute Gasteiger partial charge is 0.444 e. The van der Waals surface area contributed by atoms with Crippen molar-refractivity contribution in [1.29, 1.82) is 5.26 Å². The molecule has 0 aromatic carbocycles. The topological polar surface area (TPSA) is 82.4 Å². The lowest BCUT2D eigenvalue weighted by atomic mass is 10.1. The van der Waals surface area contributed by atoms with Crippen molar-refractivity contribution >= 4 is 11.8 Å². The molecule has 1 amide bonds. The molecule has 3 heterocycles. The molecule has 0 atom stereocenters. The fourth-order valence-electron chi connectivity index (χ4n) is 2.86. The van der Waals surface area contributed by atoms with Crippen molar-refractivity contribution in [3.05, 3.63) is 42.5 Å². The number of nitriles is 1. The van der Waals surface area contributed by atoms with Crippen LogP contribution in [-0.4, -0.2) is 52.7 Å². The van der Waals surface area contributed by atoms with Crippen LogP contribution in [0.1, 0.15) is 26.5 Å². The third-order valence-electron chi connectivity index (χ3n) is 4.23. The zero-order valence-corrected chi connectivity index (χ0v) is 15.8. The fourth-order valence-corrected chi connectivity index (χ4v) is 2.86. The Kier molecular flexibility index (Phi) is 5.26. The van der Waals surface area contributed by atoms with Crippen molar-refractivity contribution in [2.24, 2.45) is 0 Å². The number of anilines is 1. The van der Waals surface area contributed by atoms with Gasteiger partial charge in [-0.05, 0) is 39.0 Å². The number of amides is 1. The monoisotopic (exact) mass is 365 g/mol. The van der Waals surface area contributed by atoms with E-state index in [1.165, 1.54) is 0 Å². The van der Waals surface area contributed by atoms with E-state index in [4.69, 9.17) is 10.00 Å². The first kappa shape index (κ1) is 18.6. The van der Waals surface area contributed by atoms with Crippen LogP contribution in [0.5, 0.6) is 0 Å². The summed E-state index contributed by atoms with van der Waals surface area (Å²) >= 11 is 0. The fraction of sp³-hybridized carbons (Fsp3) is 0.400. The van der Waals surface area contributed by atoms with Crippen LogP contribution >= 0.6 is 0 Å². The van der Waals surface area contributed by atoms with Crippen molar-refractivity contribution in [2.75, 3.05) is 31.1 Å². The van der Waals surface area contributed by atoms with Gasteiger partial charge in [0, 0.05) is 49.7 Å². The van der Waals surface area contributed by atoms with Crippen LogP contribution in [-0.2, 0) is 4.74 Å². The molecule has 1 fully saturated rings. The summed E-state index contributed by atoms with van der Waals surface area (Å²) < 4.78 is 5.44. The predicted molar refractivity (Wildman–Crippen MR) is 102 cm³/mol. The Hall–Kier alpha value is -3.14. The van der Waals surface area contributed by atoms with Crippen molar-refractivity contribution < 1.29 is 9.53 Å². The molecule has 0 N–H and O–H groups in total. The Morgan fingerprint density at radius 1 is 1.11 bits per heavy atom. The molecule has 140 valence electrons. The second kappa shape index (κ2) is 7.62. The third kappa shape index (κ3) is 4.73. The Labute approximate surface area is 159 Å². The molecule has 0 aliphatic carbocycles. The van der Waals surface area contributed by atoms with E-state index in [9.17, 15) is 4.79 Å². The van der Waals surface area contributed by atoms with E-state index in [0.29, 0.717) is 18.8 Å². The first-order valence-corrected chi connectivity index (χ1v) is 8.90. The number of nitrogens with zero attached hydrogens (tertiary/aromatic N) is 5. The van der Waals surface area contributed by atoms with E-state index in [1.54, 1.807) is 23.4 Å². The molecular formula is C20H23N5O2. The highest BCUT2D eigenvalue weighted by atomic mass is 16.6. The Balaban J connectivity index is 1.66. The molecule has 0 bridgehead atoms. The van der Waals surface area contributed by atoms with E-state index in [2.05, 4.69) is 20.9 Å². The zero-order valence-electron chi connectivity index (χ0n) is 15.8. The number of ether oxygens (including phenoxy) is 1. The van der Waals surface area contributed by atoms with Gasteiger partial charge in [0.2, 0.25) is 0 Å². The minimum absolute atomic E-state index is 0.266. The van der Waals surface area contributed by atoms with Gasteiger partial charge in [0.25, 0.3) is 0 Å². The van der Waals surface area contributed by atoms with Crippen molar-refractivity contribution in [3.63, 3.8) is 0 Å².